The summed E-state index contributed by atoms with van der Waals surface area (Å²) < 4.78 is 14.4. The summed E-state index contributed by atoms with van der Waals surface area (Å²) in [5.74, 6) is -0.136. The van der Waals surface area contributed by atoms with E-state index in [2.05, 4.69) is 19.2 Å². The Morgan fingerprint density at radius 3 is 2.58 bits per heavy atom. The van der Waals surface area contributed by atoms with Crippen LogP contribution >= 0.6 is 22.9 Å². The van der Waals surface area contributed by atoms with Gasteiger partial charge in [-0.15, -0.1) is 11.3 Å². The molecule has 0 aliphatic rings. The monoisotopic (exact) mass is 297 g/mol. The lowest BCUT2D eigenvalue weighted by Crippen LogP contribution is -2.30. The zero-order chi connectivity index (χ0) is 13.8. The summed E-state index contributed by atoms with van der Waals surface area (Å²) in [7, 11) is 0. The standard InChI is InChI=1S/C15H17ClFNS/c1-10(9-12-5-3-4-6-13(12)17)18-11(2)14-7-8-15(16)19-14/h3-8,10-11,18H,9H2,1-2H3. The highest BCUT2D eigenvalue weighted by atomic mass is 35.5. The van der Waals surface area contributed by atoms with E-state index in [1.54, 1.807) is 17.4 Å². The number of hydrogen-bond acceptors (Lipinski definition) is 2. The lowest BCUT2D eigenvalue weighted by molar-refractivity contribution is 0.473. The highest BCUT2D eigenvalue weighted by Crippen LogP contribution is 2.27. The van der Waals surface area contributed by atoms with E-state index in [0.717, 1.165) is 9.90 Å². The van der Waals surface area contributed by atoms with Crippen LogP contribution in [0.4, 0.5) is 4.39 Å². The van der Waals surface area contributed by atoms with Crippen molar-refractivity contribution >= 4 is 22.9 Å². The number of benzene rings is 1. The first kappa shape index (κ1) is 14.5. The maximum atomic E-state index is 13.6. The fraction of sp³-hybridized carbons (Fsp3) is 0.333. The molecule has 1 nitrogen and oxygen atoms in total. The number of halogens is 2. The number of thiophene rings is 1. The van der Waals surface area contributed by atoms with Gasteiger partial charge in [0.2, 0.25) is 0 Å². The smallest absolute Gasteiger partial charge is 0.126 e. The first-order valence-electron chi connectivity index (χ1n) is 6.31. The predicted molar refractivity (Wildman–Crippen MR) is 80.4 cm³/mol. The average molecular weight is 298 g/mol. The summed E-state index contributed by atoms with van der Waals surface area (Å²) in [4.78, 5) is 1.20. The summed E-state index contributed by atoms with van der Waals surface area (Å²) in [5, 5.41) is 3.47. The van der Waals surface area contributed by atoms with Crippen LogP contribution in [0.3, 0.4) is 0 Å². The van der Waals surface area contributed by atoms with Gasteiger partial charge in [-0.05, 0) is 44.0 Å². The van der Waals surface area contributed by atoms with Gasteiger partial charge in [-0.1, -0.05) is 29.8 Å². The molecular weight excluding hydrogens is 281 g/mol. The van der Waals surface area contributed by atoms with Crippen LogP contribution in [0.1, 0.15) is 30.3 Å². The maximum absolute atomic E-state index is 13.6. The molecule has 0 saturated heterocycles. The molecule has 0 fully saturated rings. The molecule has 1 aromatic carbocycles. The first-order chi connectivity index (χ1) is 9.06. The van der Waals surface area contributed by atoms with Gasteiger partial charge < -0.3 is 5.32 Å². The third-order valence-corrected chi connectivity index (χ3v) is 4.45. The zero-order valence-corrected chi connectivity index (χ0v) is 12.6. The van der Waals surface area contributed by atoms with E-state index in [0.29, 0.717) is 6.42 Å². The number of nitrogens with one attached hydrogen (secondary N) is 1. The Balaban J connectivity index is 1.94. The van der Waals surface area contributed by atoms with E-state index < -0.39 is 0 Å². The van der Waals surface area contributed by atoms with Gasteiger partial charge >= 0.3 is 0 Å². The van der Waals surface area contributed by atoms with Crippen LogP contribution in [0, 0.1) is 5.82 Å². The van der Waals surface area contributed by atoms with E-state index in [-0.39, 0.29) is 17.9 Å². The Bertz CT molecular complexity index is 540. The molecule has 1 heterocycles. The minimum Gasteiger partial charge on any atom is -0.307 e. The Hall–Kier alpha value is -0.900. The minimum absolute atomic E-state index is 0.136. The fourth-order valence-corrected chi connectivity index (χ4v) is 3.20. The second-order valence-corrected chi connectivity index (χ2v) is 6.47. The lowest BCUT2D eigenvalue weighted by atomic mass is 10.1. The van der Waals surface area contributed by atoms with E-state index in [9.17, 15) is 4.39 Å². The Morgan fingerprint density at radius 1 is 1.21 bits per heavy atom. The summed E-state index contributed by atoms with van der Waals surface area (Å²) in [6.07, 6.45) is 0.677. The van der Waals surface area contributed by atoms with Gasteiger partial charge in [-0.25, -0.2) is 4.39 Å². The van der Waals surface area contributed by atoms with Crippen LogP contribution in [0.15, 0.2) is 36.4 Å². The van der Waals surface area contributed by atoms with Crippen molar-refractivity contribution in [2.75, 3.05) is 0 Å². The van der Waals surface area contributed by atoms with Crippen molar-refractivity contribution in [1.29, 1.82) is 0 Å². The van der Waals surface area contributed by atoms with Gasteiger partial charge in [0.1, 0.15) is 5.82 Å². The molecule has 0 radical (unpaired) electrons. The van der Waals surface area contributed by atoms with Crippen molar-refractivity contribution in [3.8, 4) is 0 Å². The number of hydrogen-bond donors (Lipinski definition) is 1. The van der Waals surface area contributed by atoms with Gasteiger partial charge in [0, 0.05) is 17.0 Å². The second-order valence-electron chi connectivity index (χ2n) is 4.73. The van der Waals surface area contributed by atoms with Crippen LogP contribution in [0.25, 0.3) is 0 Å². The van der Waals surface area contributed by atoms with Crippen molar-refractivity contribution in [2.45, 2.75) is 32.4 Å². The highest BCUT2D eigenvalue weighted by molar-refractivity contribution is 7.16. The molecule has 2 rings (SSSR count). The van der Waals surface area contributed by atoms with Gasteiger partial charge in [-0.3, -0.25) is 0 Å². The minimum atomic E-state index is -0.136. The van der Waals surface area contributed by atoms with Crippen molar-refractivity contribution in [3.05, 3.63) is 57.0 Å². The molecule has 2 unspecified atom stereocenters. The largest absolute Gasteiger partial charge is 0.307 e. The van der Waals surface area contributed by atoms with Crippen LogP contribution in [-0.2, 0) is 6.42 Å². The van der Waals surface area contributed by atoms with E-state index in [1.165, 1.54) is 10.9 Å². The van der Waals surface area contributed by atoms with E-state index >= 15 is 0 Å². The fourth-order valence-electron chi connectivity index (χ4n) is 2.12. The van der Waals surface area contributed by atoms with Gasteiger partial charge in [0.05, 0.1) is 4.34 Å². The van der Waals surface area contributed by atoms with Gasteiger partial charge in [-0.2, -0.15) is 0 Å². The second kappa shape index (κ2) is 6.51. The van der Waals surface area contributed by atoms with Crippen molar-refractivity contribution in [1.82, 2.24) is 5.32 Å². The third-order valence-electron chi connectivity index (χ3n) is 3.04. The first-order valence-corrected chi connectivity index (χ1v) is 7.50. The van der Waals surface area contributed by atoms with E-state index in [4.69, 9.17) is 11.6 Å². The Labute approximate surface area is 122 Å². The maximum Gasteiger partial charge on any atom is 0.126 e. The Kier molecular flexibility index (Phi) is 4.97. The summed E-state index contributed by atoms with van der Waals surface area (Å²) in [6.45, 7) is 4.16. The summed E-state index contributed by atoms with van der Waals surface area (Å²) in [5.41, 5.74) is 0.749. The molecule has 102 valence electrons. The van der Waals surface area contributed by atoms with Crippen LogP contribution in [0.2, 0.25) is 4.34 Å². The number of rotatable bonds is 5. The third kappa shape index (κ3) is 4.03. The molecule has 1 N–H and O–H groups in total. The summed E-state index contributed by atoms with van der Waals surface area (Å²) >= 11 is 7.51. The molecule has 0 aliphatic carbocycles. The van der Waals surface area contributed by atoms with E-state index in [1.807, 2.05) is 24.3 Å². The summed E-state index contributed by atoms with van der Waals surface area (Å²) in [6, 6.07) is 11.3. The Morgan fingerprint density at radius 2 is 1.95 bits per heavy atom. The topological polar surface area (TPSA) is 12.0 Å². The highest BCUT2D eigenvalue weighted by Gasteiger charge is 2.13. The normalized spacial score (nSPS) is 14.3. The zero-order valence-electron chi connectivity index (χ0n) is 11.0. The van der Waals surface area contributed by atoms with Crippen LogP contribution in [0.5, 0.6) is 0 Å². The van der Waals surface area contributed by atoms with Crippen molar-refractivity contribution in [2.24, 2.45) is 0 Å². The van der Waals surface area contributed by atoms with Crippen molar-refractivity contribution < 1.29 is 4.39 Å². The predicted octanol–water partition coefficient (Wildman–Crippen LogP) is 4.82. The molecular formula is C15H17ClFNS. The molecule has 19 heavy (non-hydrogen) atoms. The molecule has 0 aliphatic heterocycles. The SMILES string of the molecule is CC(Cc1ccccc1F)NC(C)c1ccc(Cl)s1. The van der Waals surface area contributed by atoms with Crippen LogP contribution in [-0.4, -0.2) is 6.04 Å². The quantitative estimate of drug-likeness (QED) is 0.834. The lowest BCUT2D eigenvalue weighted by Gasteiger charge is -2.19. The van der Waals surface area contributed by atoms with Crippen LogP contribution < -0.4 is 5.32 Å². The molecule has 2 aromatic rings. The molecule has 2 atom stereocenters. The molecule has 0 saturated carbocycles. The molecule has 0 bridgehead atoms. The molecule has 0 amide bonds. The molecule has 1 aromatic heterocycles. The average Bonchev–Trinajstić information content (AvgIpc) is 2.79. The molecule has 0 spiro atoms. The van der Waals surface area contributed by atoms with Gasteiger partial charge in [0.25, 0.3) is 0 Å². The molecule has 4 heteroatoms. The van der Waals surface area contributed by atoms with Crippen molar-refractivity contribution in [3.63, 3.8) is 0 Å². The van der Waals surface area contributed by atoms with Gasteiger partial charge in [0.15, 0.2) is 0 Å².